The van der Waals surface area contributed by atoms with E-state index in [0.29, 0.717) is 0 Å². The van der Waals surface area contributed by atoms with E-state index in [1.807, 2.05) is 0 Å². The Labute approximate surface area is 190 Å². The predicted octanol–water partition coefficient (Wildman–Crippen LogP) is 6.55. The smallest absolute Gasteiger partial charge is 0.460 e. The average Bonchev–Trinajstić information content (AvgIpc) is 2.71. The number of hydrogen-bond acceptors (Lipinski definition) is 2. The molecule has 2 N–H and O–H groups in total. The zero-order valence-electron chi connectivity index (χ0n) is 16.4. The Hall–Kier alpha value is -3.03. The molecule has 212 valence electrons. The maximum atomic E-state index is 14.2. The highest BCUT2D eigenvalue weighted by Crippen LogP contribution is 2.65. The fourth-order valence-corrected chi connectivity index (χ4v) is 2.40. The fourth-order valence-electron chi connectivity index (χ4n) is 2.40. The number of benzene rings is 1. The van der Waals surface area contributed by atoms with Gasteiger partial charge in [-0.15, -0.1) is 0 Å². The summed E-state index contributed by atoms with van der Waals surface area (Å²) < 4.78 is 227. The van der Waals surface area contributed by atoms with Crippen LogP contribution in [0, 0.1) is 0 Å². The van der Waals surface area contributed by atoms with Gasteiger partial charge in [0, 0.05) is 5.56 Å². The summed E-state index contributed by atoms with van der Waals surface area (Å²) in [6.45, 7) is 0. The summed E-state index contributed by atoms with van der Waals surface area (Å²) in [6.07, 6.45) is -7.89. The van der Waals surface area contributed by atoms with Gasteiger partial charge in [0.05, 0.1) is 11.1 Å². The Morgan fingerprint density at radius 1 is 0.459 bits per heavy atom. The van der Waals surface area contributed by atoms with Gasteiger partial charge in [0.15, 0.2) is 0 Å². The van der Waals surface area contributed by atoms with Crippen LogP contribution in [0.2, 0.25) is 0 Å². The van der Waals surface area contributed by atoms with Gasteiger partial charge in [0.1, 0.15) is 0 Å². The maximum Gasteiger partial charge on any atom is 0.460 e. The Kier molecular flexibility index (Phi) is 7.35. The van der Waals surface area contributed by atoms with Crippen LogP contribution in [0.1, 0.15) is 26.3 Å². The molecule has 0 fully saturated rings. The molecule has 0 saturated carbocycles. The number of carbonyl (C=O) groups is 2. The molecule has 37 heavy (non-hydrogen) atoms. The van der Waals surface area contributed by atoms with E-state index in [1.165, 1.54) is 0 Å². The van der Waals surface area contributed by atoms with Crippen LogP contribution in [0.4, 0.5) is 74.6 Å². The molecule has 0 radical (unpaired) electrons. The summed E-state index contributed by atoms with van der Waals surface area (Å²) in [7, 11) is 0. The highest BCUT2D eigenvalue weighted by atomic mass is 19.4. The SMILES string of the molecule is O=C(O)c1cc(C(=O)O)cc(C(F)(F)C(F)(F)C(F)(F)C(F)(F)C(F)(F)C(F)(F)C(F)(F)C(F)(F)F)c1. The monoisotopic (exact) mass is 584 g/mol. The largest absolute Gasteiger partial charge is 0.478 e. The van der Waals surface area contributed by atoms with Crippen LogP contribution in [0.3, 0.4) is 0 Å². The van der Waals surface area contributed by atoms with Crippen LogP contribution in [0.25, 0.3) is 0 Å². The third-order valence-electron chi connectivity index (χ3n) is 4.51. The predicted molar refractivity (Wildman–Crippen MR) is 80.0 cm³/mol. The summed E-state index contributed by atoms with van der Waals surface area (Å²) in [4.78, 5) is 21.7. The molecule has 1 aromatic rings. The number of carboxylic acid groups (broad SMARTS) is 2. The molecule has 1 rings (SSSR count). The molecule has 0 aliphatic rings. The highest BCUT2D eigenvalue weighted by molar-refractivity contribution is 5.94. The Bertz CT molecular complexity index is 1040. The standard InChI is InChI=1S/C16H5F17O4/c17-9(18,6-2-4(7(34)35)1-5(3-6)8(36)37)10(19,20)11(21,22)12(23,24)13(25,26)14(27,28)15(29,30)16(31,32)33/h1-3H,(H,34,35)(H,36,37). The second-order valence-corrected chi connectivity index (χ2v) is 6.93. The van der Waals surface area contributed by atoms with Gasteiger partial charge in [0.25, 0.3) is 0 Å². The third-order valence-corrected chi connectivity index (χ3v) is 4.51. The number of halogens is 17. The van der Waals surface area contributed by atoms with E-state index in [2.05, 4.69) is 0 Å². The average molecular weight is 584 g/mol. The first-order valence-corrected chi connectivity index (χ1v) is 8.30. The Morgan fingerprint density at radius 2 is 0.730 bits per heavy atom. The first-order chi connectivity index (χ1) is 16.0. The van der Waals surface area contributed by atoms with Crippen molar-refractivity contribution < 1.29 is 94.4 Å². The lowest BCUT2D eigenvalue weighted by molar-refractivity contribution is -0.462. The van der Waals surface area contributed by atoms with E-state index >= 15 is 0 Å². The molecular formula is C16H5F17O4. The fraction of sp³-hybridized carbons (Fsp3) is 0.500. The van der Waals surface area contributed by atoms with Crippen molar-refractivity contribution in [1.82, 2.24) is 0 Å². The van der Waals surface area contributed by atoms with Crippen LogP contribution in [0.15, 0.2) is 18.2 Å². The summed E-state index contributed by atoms with van der Waals surface area (Å²) in [5.41, 5.74) is -6.40. The minimum Gasteiger partial charge on any atom is -0.478 e. The lowest BCUT2D eigenvalue weighted by atomic mass is 9.86. The van der Waals surface area contributed by atoms with Crippen LogP contribution < -0.4 is 0 Å². The van der Waals surface area contributed by atoms with Crippen LogP contribution >= 0.6 is 0 Å². The summed E-state index contributed by atoms with van der Waals surface area (Å²) in [5.74, 6) is -63.3. The van der Waals surface area contributed by atoms with E-state index < -0.39 is 88.4 Å². The number of alkyl halides is 17. The van der Waals surface area contributed by atoms with E-state index in [0.717, 1.165) is 0 Å². The summed E-state index contributed by atoms with van der Waals surface area (Å²) in [6, 6.07) is -1.61. The van der Waals surface area contributed by atoms with E-state index in [1.54, 1.807) is 0 Å². The first-order valence-electron chi connectivity index (χ1n) is 8.30. The minimum atomic E-state index is -8.82. The van der Waals surface area contributed by atoms with Crippen molar-refractivity contribution in [1.29, 1.82) is 0 Å². The van der Waals surface area contributed by atoms with Gasteiger partial charge in [0.2, 0.25) is 0 Å². The van der Waals surface area contributed by atoms with Gasteiger partial charge in [-0.3, -0.25) is 0 Å². The molecule has 0 heterocycles. The molecule has 0 unspecified atom stereocenters. The van der Waals surface area contributed by atoms with Crippen LogP contribution in [-0.2, 0) is 5.92 Å². The number of hydrogen-bond donors (Lipinski definition) is 2. The molecule has 0 saturated heterocycles. The minimum absolute atomic E-state index is 0.0803. The molecule has 1 aromatic carbocycles. The second-order valence-electron chi connectivity index (χ2n) is 6.93. The lowest BCUT2D eigenvalue weighted by Crippen LogP contribution is -2.74. The number of rotatable bonds is 9. The molecule has 0 bridgehead atoms. The molecule has 0 aliphatic carbocycles. The number of carboxylic acids is 2. The van der Waals surface area contributed by atoms with Gasteiger partial charge in [-0.2, -0.15) is 74.6 Å². The van der Waals surface area contributed by atoms with E-state index in [9.17, 15) is 84.2 Å². The molecule has 4 nitrogen and oxygen atoms in total. The van der Waals surface area contributed by atoms with Crippen molar-refractivity contribution in [3.63, 3.8) is 0 Å². The van der Waals surface area contributed by atoms with Crippen molar-refractivity contribution >= 4 is 11.9 Å². The quantitative estimate of drug-likeness (QED) is 0.323. The topological polar surface area (TPSA) is 74.6 Å². The molecule has 21 heteroatoms. The molecule has 0 atom stereocenters. The van der Waals surface area contributed by atoms with Crippen molar-refractivity contribution in [2.45, 2.75) is 47.6 Å². The number of aromatic carboxylic acids is 2. The molecule has 0 amide bonds. The van der Waals surface area contributed by atoms with Crippen molar-refractivity contribution in [3.05, 3.63) is 34.9 Å². The summed E-state index contributed by atoms with van der Waals surface area (Å²) in [5, 5.41) is 17.3. The van der Waals surface area contributed by atoms with Crippen LogP contribution in [0.5, 0.6) is 0 Å². The molecule has 0 aliphatic heterocycles. The van der Waals surface area contributed by atoms with Gasteiger partial charge in [-0.1, -0.05) is 0 Å². The summed E-state index contributed by atoms with van der Waals surface area (Å²) >= 11 is 0. The molecular weight excluding hydrogens is 579 g/mol. The third kappa shape index (κ3) is 4.28. The van der Waals surface area contributed by atoms with Gasteiger partial charge in [-0.05, 0) is 18.2 Å². The lowest BCUT2D eigenvalue weighted by Gasteiger charge is -2.42. The van der Waals surface area contributed by atoms with Gasteiger partial charge < -0.3 is 10.2 Å². The molecule has 0 spiro atoms. The van der Waals surface area contributed by atoms with Crippen molar-refractivity contribution in [2.75, 3.05) is 0 Å². The Morgan fingerprint density at radius 3 is 1.00 bits per heavy atom. The van der Waals surface area contributed by atoms with Crippen molar-refractivity contribution in [2.24, 2.45) is 0 Å². The zero-order valence-corrected chi connectivity index (χ0v) is 16.4. The molecule has 0 aromatic heterocycles. The van der Waals surface area contributed by atoms with Crippen LogP contribution in [-0.4, -0.2) is 63.9 Å². The van der Waals surface area contributed by atoms with Gasteiger partial charge in [-0.25, -0.2) is 9.59 Å². The van der Waals surface area contributed by atoms with Crippen molar-refractivity contribution in [3.8, 4) is 0 Å². The van der Waals surface area contributed by atoms with E-state index in [4.69, 9.17) is 10.2 Å². The Balaban J connectivity index is 3.88. The maximum absolute atomic E-state index is 14.2. The normalized spacial score (nSPS) is 15.1. The van der Waals surface area contributed by atoms with Gasteiger partial charge >= 0.3 is 59.6 Å². The first kappa shape index (κ1) is 32.0. The second kappa shape index (κ2) is 8.50. The highest BCUT2D eigenvalue weighted by Gasteiger charge is 2.95. The zero-order chi connectivity index (χ0) is 30.0. The van der Waals surface area contributed by atoms with E-state index in [-0.39, 0.29) is 6.07 Å².